The Labute approximate surface area is 162 Å². The summed E-state index contributed by atoms with van der Waals surface area (Å²) in [6.45, 7) is 0.570. The van der Waals surface area contributed by atoms with Gasteiger partial charge in [0.05, 0.1) is 5.88 Å². The molecule has 0 spiro atoms. The molecule has 2 rings (SSSR count). The number of carbonyl (C=O) groups is 5. The minimum atomic E-state index is -1.45. The molecule has 13 heteroatoms. The van der Waals surface area contributed by atoms with Crippen molar-refractivity contribution >= 4 is 58.6 Å². The van der Waals surface area contributed by atoms with E-state index in [1.165, 1.54) is 4.90 Å². The van der Waals surface area contributed by atoms with Crippen LogP contribution in [0.1, 0.15) is 6.92 Å². The summed E-state index contributed by atoms with van der Waals surface area (Å²) in [5, 5.41) is 22.6. The number of carboxylic acids is 1. The number of ketones is 1. The Morgan fingerprint density at radius 3 is 2.63 bits per heavy atom. The number of nitrogens with one attached hydrogen (secondary N) is 1. The fourth-order valence-corrected chi connectivity index (χ4v) is 4.30. The molecule has 11 nitrogen and oxygen atoms in total. The number of nitrogens with zero attached hydrogens (tertiary/aromatic N) is 2. The van der Waals surface area contributed by atoms with Gasteiger partial charge in [-0.2, -0.15) is 0 Å². The zero-order valence-electron chi connectivity index (χ0n) is 14.0. The minimum absolute atomic E-state index is 0.0397. The number of thioether (sulfide) groups is 1. The molecule has 2 heterocycles. The molecule has 0 aromatic rings. The monoisotopic (exact) mass is 421 g/mol. The van der Waals surface area contributed by atoms with Crippen LogP contribution in [0.3, 0.4) is 0 Å². The summed E-state index contributed by atoms with van der Waals surface area (Å²) in [5.74, 6) is -4.92. The van der Waals surface area contributed by atoms with Gasteiger partial charge in [0.1, 0.15) is 23.4 Å². The second kappa shape index (κ2) is 8.13. The van der Waals surface area contributed by atoms with Crippen LogP contribution in [-0.4, -0.2) is 86.7 Å². The van der Waals surface area contributed by atoms with Gasteiger partial charge in [-0.15, -0.1) is 23.4 Å². The van der Waals surface area contributed by atoms with Gasteiger partial charge < -0.3 is 25.3 Å². The number of ether oxygens (including phenoxy) is 1. The van der Waals surface area contributed by atoms with E-state index in [1.54, 1.807) is 0 Å². The number of carbonyl (C=O) groups excluding carboxylic acids is 4. The summed E-state index contributed by atoms with van der Waals surface area (Å²) in [6, 6.07) is -1.01. The molecular weight excluding hydrogens is 406 g/mol. The summed E-state index contributed by atoms with van der Waals surface area (Å²) < 4.78 is 4.83. The smallest absolute Gasteiger partial charge is 0.315 e. The average Bonchev–Trinajstić information content (AvgIpc) is 2.64. The van der Waals surface area contributed by atoms with Crippen molar-refractivity contribution in [3.05, 3.63) is 0 Å². The summed E-state index contributed by atoms with van der Waals surface area (Å²) in [7, 11) is 0. The van der Waals surface area contributed by atoms with Crippen LogP contribution in [0.4, 0.5) is 0 Å². The first-order valence-corrected chi connectivity index (χ1v) is 9.16. The quantitative estimate of drug-likeness (QED) is 0.0858. The first-order chi connectivity index (χ1) is 12.7. The van der Waals surface area contributed by atoms with Gasteiger partial charge in [-0.1, -0.05) is 5.16 Å². The number of halogens is 1. The van der Waals surface area contributed by atoms with Gasteiger partial charge in [-0.3, -0.25) is 24.0 Å². The van der Waals surface area contributed by atoms with E-state index in [0.717, 1.165) is 18.7 Å². The van der Waals surface area contributed by atoms with Crippen LogP contribution in [0.2, 0.25) is 0 Å². The summed E-state index contributed by atoms with van der Waals surface area (Å²) in [4.78, 5) is 59.7. The normalized spacial score (nSPS) is 27.3. The predicted molar refractivity (Wildman–Crippen MR) is 91.5 cm³/mol. The van der Waals surface area contributed by atoms with Crippen molar-refractivity contribution < 1.29 is 39.0 Å². The maximum Gasteiger partial charge on any atom is 0.315 e. The van der Waals surface area contributed by atoms with Crippen molar-refractivity contribution in [1.82, 2.24) is 10.2 Å². The highest BCUT2D eigenvalue weighted by Crippen LogP contribution is 2.42. The van der Waals surface area contributed by atoms with E-state index in [2.05, 4.69) is 10.5 Å². The first kappa shape index (κ1) is 21.0. The minimum Gasteiger partial charge on any atom is -0.481 e. The Hall–Kier alpha value is -2.34. The third-order valence-electron chi connectivity index (χ3n) is 4.14. The van der Waals surface area contributed by atoms with Crippen molar-refractivity contribution in [2.75, 3.05) is 24.8 Å². The highest BCUT2D eigenvalue weighted by atomic mass is 35.5. The first-order valence-electron chi connectivity index (χ1n) is 7.58. The molecule has 0 aliphatic carbocycles. The van der Waals surface area contributed by atoms with E-state index in [0.29, 0.717) is 0 Å². The van der Waals surface area contributed by atoms with E-state index in [9.17, 15) is 29.1 Å². The Kier molecular flexibility index (Phi) is 6.31. The third-order valence-corrected chi connectivity index (χ3v) is 5.97. The second-order valence-electron chi connectivity index (χ2n) is 5.99. The maximum absolute atomic E-state index is 12.3. The molecular formula is C14H16ClN3O8S. The Morgan fingerprint density at radius 1 is 1.44 bits per heavy atom. The van der Waals surface area contributed by atoms with Crippen molar-refractivity contribution in [3.63, 3.8) is 0 Å². The number of aliphatic carboxylic acids is 1. The molecule has 2 amide bonds. The summed E-state index contributed by atoms with van der Waals surface area (Å²) >= 11 is 6.41. The zero-order valence-corrected chi connectivity index (χ0v) is 15.6. The van der Waals surface area contributed by atoms with Gasteiger partial charge in [0, 0.05) is 19.2 Å². The number of oxime groups is 1. The number of rotatable bonds is 7. The van der Waals surface area contributed by atoms with E-state index >= 15 is 0 Å². The van der Waals surface area contributed by atoms with Crippen LogP contribution in [-0.2, 0) is 28.7 Å². The largest absolute Gasteiger partial charge is 0.481 e. The molecule has 2 saturated heterocycles. The number of hydrogen-bond donors (Lipinski definition) is 3. The highest BCUT2D eigenvalue weighted by Gasteiger charge is 2.58. The Morgan fingerprint density at radius 2 is 2.11 bits per heavy atom. The Balaban J connectivity index is 2.06. The molecule has 2 aliphatic rings. The molecule has 0 saturated carbocycles. The average molecular weight is 422 g/mol. The van der Waals surface area contributed by atoms with Crippen molar-refractivity contribution in [2.45, 2.75) is 18.3 Å². The van der Waals surface area contributed by atoms with Gasteiger partial charge >= 0.3 is 11.9 Å². The van der Waals surface area contributed by atoms with E-state index in [1.807, 2.05) is 0 Å². The number of carboxylic acid groups (broad SMARTS) is 1. The summed E-state index contributed by atoms with van der Waals surface area (Å²) in [6.07, 6.45) is 0. The number of hydrogen-bond acceptors (Lipinski definition) is 9. The standard InChI is InChI=1S/C14H16ClN3O8S/c1-6(19)26-4-14(13(23)24)3-18-11(22)9(12(18)27-5-14)16-10(21)8(17-25)7(20)2-15/h9,12,25H,2-5H2,1H3,(H,16,21)(H,23,24)/t9?,12-,14?/m1/s1. The molecule has 2 aliphatic heterocycles. The second-order valence-corrected chi connectivity index (χ2v) is 7.36. The lowest BCUT2D eigenvalue weighted by Crippen LogP contribution is -2.74. The van der Waals surface area contributed by atoms with E-state index < -0.39 is 58.0 Å². The van der Waals surface area contributed by atoms with Gasteiger partial charge in [0.2, 0.25) is 17.4 Å². The van der Waals surface area contributed by atoms with Crippen molar-refractivity contribution in [3.8, 4) is 0 Å². The molecule has 27 heavy (non-hydrogen) atoms. The molecule has 3 N–H and O–H groups in total. The van der Waals surface area contributed by atoms with Crippen molar-refractivity contribution in [2.24, 2.45) is 10.6 Å². The van der Waals surface area contributed by atoms with Crippen LogP contribution >= 0.6 is 23.4 Å². The number of β-lactam (4-membered cyclic amide) rings is 1. The molecule has 148 valence electrons. The van der Waals surface area contributed by atoms with E-state index in [4.69, 9.17) is 21.5 Å². The number of amides is 2. The van der Waals surface area contributed by atoms with Crippen LogP contribution in [0, 0.1) is 5.41 Å². The van der Waals surface area contributed by atoms with Crippen LogP contribution in [0.5, 0.6) is 0 Å². The Bertz CT molecular complexity index is 729. The lowest BCUT2D eigenvalue weighted by molar-refractivity contribution is -0.164. The van der Waals surface area contributed by atoms with Crippen molar-refractivity contribution in [1.29, 1.82) is 0 Å². The molecule has 3 atom stereocenters. The lowest BCUT2D eigenvalue weighted by atomic mass is 9.88. The SMILES string of the molecule is CC(=O)OCC1(C(=O)O)CS[C@@H]2C(NC(=O)C(=NO)C(=O)CCl)C(=O)N2C1. The third kappa shape index (κ3) is 4.00. The van der Waals surface area contributed by atoms with Crippen LogP contribution in [0.15, 0.2) is 5.16 Å². The number of Topliss-reactive ketones (excluding diaryl/α,β-unsaturated/α-hetero) is 1. The zero-order chi connectivity index (χ0) is 20.4. The van der Waals surface area contributed by atoms with Crippen LogP contribution < -0.4 is 5.32 Å². The van der Waals surface area contributed by atoms with Gasteiger partial charge in [0.25, 0.3) is 5.91 Å². The number of alkyl halides is 1. The molecule has 0 aromatic carbocycles. The number of fused-ring (bicyclic) bond motifs is 1. The molecule has 0 aromatic heterocycles. The fourth-order valence-electron chi connectivity index (χ4n) is 2.65. The molecule has 2 unspecified atom stereocenters. The van der Waals surface area contributed by atoms with Gasteiger partial charge in [-0.05, 0) is 0 Å². The predicted octanol–water partition coefficient (Wildman–Crippen LogP) is -1.34. The van der Waals surface area contributed by atoms with Gasteiger partial charge in [0.15, 0.2) is 0 Å². The maximum atomic E-state index is 12.3. The topological polar surface area (TPSA) is 163 Å². The molecule has 0 radical (unpaired) electrons. The van der Waals surface area contributed by atoms with Gasteiger partial charge in [-0.25, -0.2) is 0 Å². The molecule has 0 bridgehead atoms. The fraction of sp³-hybridized carbons (Fsp3) is 0.571. The summed E-state index contributed by atoms with van der Waals surface area (Å²) in [5.41, 5.74) is -2.28. The number of esters is 1. The highest BCUT2D eigenvalue weighted by molar-refractivity contribution is 8.00. The van der Waals surface area contributed by atoms with E-state index in [-0.39, 0.29) is 18.9 Å². The lowest BCUT2D eigenvalue weighted by Gasteiger charge is -2.53. The molecule has 2 fully saturated rings. The van der Waals surface area contributed by atoms with Crippen LogP contribution in [0.25, 0.3) is 0 Å².